The summed E-state index contributed by atoms with van der Waals surface area (Å²) in [5.41, 5.74) is 1.25. The number of furan rings is 1. The van der Waals surface area contributed by atoms with Crippen molar-refractivity contribution in [3.63, 3.8) is 0 Å². The maximum absolute atomic E-state index is 13.6. The highest BCUT2D eigenvalue weighted by Crippen LogP contribution is 2.40. The van der Waals surface area contributed by atoms with E-state index in [2.05, 4.69) is 5.32 Å². The lowest BCUT2D eigenvalue weighted by Gasteiger charge is -2.32. The fourth-order valence-corrected chi connectivity index (χ4v) is 4.32. The summed E-state index contributed by atoms with van der Waals surface area (Å²) in [6, 6.07) is 11.8. The first-order valence-corrected chi connectivity index (χ1v) is 10.2. The van der Waals surface area contributed by atoms with Crippen molar-refractivity contribution < 1.29 is 22.8 Å². The van der Waals surface area contributed by atoms with Gasteiger partial charge in [0, 0.05) is 16.5 Å². The second-order valence-corrected chi connectivity index (χ2v) is 8.29. The standard InChI is InChI=1S/C22H18F2N2O3S/c1-13-22(28)26(12-14-7-16(23)10-17(24)8-14)19-9-15(4-5-20(19)30-13)21(27)25-11-18-3-2-6-29-18/h2-10,13H,11-12H2,1H3,(H,25,27). The van der Waals surface area contributed by atoms with Crippen molar-refractivity contribution in [1.82, 2.24) is 5.32 Å². The van der Waals surface area contributed by atoms with Gasteiger partial charge < -0.3 is 14.6 Å². The molecule has 0 aliphatic carbocycles. The summed E-state index contributed by atoms with van der Waals surface area (Å²) in [6.07, 6.45) is 1.53. The molecule has 1 aliphatic rings. The van der Waals surface area contributed by atoms with E-state index in [1.165, 1.54) is 35.1 Å². The molecular weight excluding hydrogens is 410 g/mol. The van der Waals surface area contributed by atoms with Crippen LogP contribution in [0.3, 0.4) is 0 Å². The highest BCUT2D eigenvalue weighted by Gasteiger charge is 2.31. The van der Waals surface area contributed by atoms with Crippen LogP contribution >= 0.6 is 11.8 Å². The van der Waals surface area contributed by atoms with Gasteiger partial charge in [0.15, 0.2) is 0 Å². The molecular formula is C22H18F2N2O3S. The lowest BCUT2D eigenvalue weighted by atomic mass is 10.1. The molecule has 1 atom stereocenters. The molecule has 1 aliphatic heterocycles. The molecule has 3 aromatic rings. The van der Waals surface area contributed by atoms with Crippen LogP contribution in [0.15, 0.2) is 64.1 Å². The van der Waals surface area contributed by atoms with Crippen LogP contribution < -0.4 is 10.2 Å². The lowest BCUT2D eigenvalue weighted by molar-refractivity contribution is -0.118. The predicted octanol–water partition coefficient (Wildman–Crippen LogP) is 4.52. The van der Waals surface area contributed by atoms with Crippen LogP contribution in [-0.2, 0) is 17.9 Å². The monoisotopic (exact) mass is 428 g/mol. The summed E-state index contributed by atoms with van der Waals surface area (Å²) in [7, 11) is 0. The van der Waals surface area contributed by atoms with Crippen molar-refractivity contribution in [2.24, 2.45) is 0 Å². The van der Waals surface area contributed by atoms with Gasteiger partial charge in [0.2, 0.25) is 5.91 Å². The number of amides is 2. The number of thioether (sulfide) groups is 1. The minimum atomic E-state index is -0.705. The molecule has 154 valence electrons. The summed E-state index contributed by atoms with van der Waals surface area (Å²) in [6.45, 7) is 2.02. The van der Waals surface area contributed by atoms with E-state index in [0.29, 0.717) is 22.6 Å². The molecule has 0 saturated carbocycles. The number of benzene rings is 2. The van der Waals surface area contributed by atoms with E-state index < -0.39 is 11.6 Å². The molecule has 1 unspecified atom stereocenters. The zero-order chi connectivity index (χ0) is 21.3. The number of anilines is 1. The van der Waals surface area contributed by atoms with E-state index in [0.717, 1.165) is 11.0 Å². The van der Waals surface area contributed by atoms with Gasteiger partial charge in [-0.2, -0.15) is 0 Å². The molecule has 0 radical (unpaired) electrons. The van der Waals surface area contributed by atoms with Crippen LogP contribution in [0, 0.1) is 11.6 Å². The largest absolute Gasteiger partial charge is 0.467 e. The Balaban J connectivity index is 1.61. The topological polar surface area (TPSA) is 62.6 Å². The van der Waals surface area contributed by atoms with Crippen LogP contribution in [-0.4, -0.2) is 17.1 Å². The molecule has 0 bridgehead atoms. The van der Waals surface area contributed by atoms with Crippen LogP contribution in [0.4, 0.5) is 14.5 Å². The van der Waals surface area contributed by atoms with Crippen molar-refractivity contribution in [2.45, 2.75) is 30.2 Å². The van der Waals surface area contributed by atoms with Crippen LogP contribution in [0.5, 0.6) is 0 Å². The highest BCUT2D eigenvalue weighted by atomic mass is 32.2. The summed E-state index contributed by atoms with van der Waals surface area (Å²) < 4.78 is 32.4. The van der Waals surface area contributed by atoms with Crippen molar-refractivity contribution >= 4 is 29.3 Å². The molecule has 2 amide bonds. The molecule has 0 spiro atoms. The van der Waals surface area contributed by atoms with Crippen molar-refractivity contribution in [3.05, 3.63) is 83.3 Å². The number of nitrogens with one attached hydrogen (secondary N) is 1. The van der Waals surface area contributed by atoms with E-state index in [1.807, 2.05) is 0 Å². The zero-order valence-electron chi connectivity index (χ0n) is 16.0. The summed E-state index contributed by atoms with van der Waals surface area (Å²) >= 11 is 1.39. The van der Waals surface area contributed by atoms with Gasteiger partial charge in [0.05, 0.1) is 30.3 Å². The SMILES string of the molecule is CC1Sc2ccc(C(=O)NCc3ccco3)cc2N(Cc2cc(F)cc(F)c2)C1=O. The van der Waals surface area contributed by atoms with Crippen LogP contribution in [0.25, 0.3) is 0 Å². The third-order valence-electron chi connectivity index (χ3n) is 4.70. The average Bonchev–Trinajstić information content (AvgIpc) is 3.22. The first-order valence-electron chi connectivity index (χ1n) is 9.28. The Kier molecular flexibility index (Phi) is 5.59. The Morgan fingerprint density at radius 3 is 2.63 bits per heavy atom. The van der Waals surface area contributed by atoms with Gasteiger partial charge in [-0.15, -0.1) is 11.8 Å². The van der Waals surface area contributed by atoms with E-state index in [-0.39, 0.29) is 30.2 Å². The van der Waals surface area contributed by atoms with E-state index in [9.17, 15) is 18.4 Å². The second kappa shape index (κ2) is 8.31. The molecule has 2 aromatic carbocycles. The Morgan fingerprint density at radius 1 is 1.17 bits per heavy atom. The molecule has 0 fully saturated rings. The molecule has 2 heterocycles. The van der Waals surface area contributed by atoms with Gasteiger partial charge in [-0.3, -0.25) is 9.59 Å². The summed E-state index contributed by atoms with van der Waals surface area (Å²) in [5.74, 6) is -1.30. The second-order valence-electron chi connectivity index (χ2n) is 6.91. The zero-order valence-corrected chi connectivity index (χ0v) is 16.8. The van der Waals surface area contributed by atoms with Crippen molar-refractivity contribution in [1.29, 1.82) is 0 Å². The van der Waals surface area contributed by atoms with Crippen molar-refractivity contribution in [2.75, 3.05) is 4.90 Å². The number of nitrogens with zero attached hydrogens (tertiary/aromatic N) is 1. The number of fused-ring (bicyclic) bond motifs is 1. The first-order chi connectivity index (χ1) is 14.4. The van der Waals surface area contributed by atoms with Gasteiger partial charge in [0.1, 0.15) is 17.4 Å². The lowest BCUT2D eigenvalue weighted by Crippen LogP contribution is -2.39. The molecule has 4 rings (SSSR count). The quantitative estimate of drug-likeness (QED) is 0.649. The normalized spacial score (nSPS) is 15.8. The molecule has 1 aromatic heterocycles. The van der Waals surface area contributed by atoms with E-state index in [1.54, 1.807) is 37.3 Å². The fraction of sp³-hybridized carbons (Fsp3) is 0.182. The molecule has 1 N–H and O–H groups in total. The number of hydrogen-bond acceptors (Lipinski definition) is 4. The van der Waals surface area contributed by atoms with Crippen LogP contribution in [0.2, 0.25) is 0 Å². The molecule has 8 heteroatoms. The number of carbonyl (C=O) groups excluding carboxylic acids is 2. The number of hydrogen-bond donors (Lipinski definition) is 1. The van der Waals surface area contributed by atoms with Gasteiger partial charge >= 0.3 is 0 Å². The minimum Gasteiger partial charge on any atom is -0.467 e. The summed E-state index contributed by atoms with van der Waals surface area (Å²) in [4.78, 5) is 27.7. The fourth-order valence-electron chi connectivity index (χ4n) is 3.28. The third-order valence-corrected chi connectivity index (χ3v) is 5.85. The van der Waals surface area contributed by atoms with Gasteiger partial charge in [-0.25, -0.2) is 8.78 Å². The molecule has 30 heavy (non-hydrogen) atoms. The maximum atomic E-state index is 13.6. The van der Waals surface area contributed by atoms with Crippen molar-refractivity contribution in [3.8, 4) is 0 Å². The molecule has 0 saturated heterocycles. The smallest absolute Gasteiger partial charge is 0.251 e. The average molecular weight is 428 g/mol. The Bertz CT molecular complexity index is 1080. The van der Waals surface area contributed by atoms with Gasteiger partial charge in [-0.1, -0.05) is 0 Å². The Morgan fingerprint density at radius 2 is 1.93 bits per heavy atom. The van der Waals surface area contributed by atoms with Crippen LogP contribution in [0.1, 0.15) is 28.6 Å². The Hall–Kier alpha value is -3.13. The highest BCUT2D eigenvalue weighted by molar-refractivity contribution is 8.01. The summed E-state index contributed by atoms with van der Waals surface area (Å²) in [5, 5.41) is 2.41. The Labute approximate surface area is 176 Å². The van der Waals surface area contributed by atoms with Gasteiger partial charge in [0.25, 0.3) is 5.91 Å². The number of halogens is 2. The predicted molar refractivity (Wildman–Crippen MR) is 109 cm³/mol. The number of rotatable bonds is 5. The van der Waals surface area contributed by atoms with E-state index in [4.69, 9.17) is 4.42 Å². The maximum Gasteiger partial charge on any atom is 0.251 e. The van der Waals surface area contributed by atoms with E-state index >= 15 is 0 Å². The first kappa shape index (κ1) is 20.2. The minimum absolute atomic E-state index is 0.00286. The third kappa shape index (κ3) is 4.23. The number of carbonyl (C=O) groups is 2. The molecule has 5 nitrogen and oxygen atoms in total. The van der Waals surface area contributed by atoms with Gasteiger partial charge in [-0.05, 0) is 55.0 Å².